The molecule has 2 rings (SSSR count). The summed E-state index contributed by atoms with van der Waals surface area (Å²) in [5.74, 6) is 0. The quantitative estimate of drug-likeness (QED) is 0.842. The summed E-state index contributed by atoms with van der Waals surface area (Å²) in [6, 6.07) is 6.83. The lowest BCUT2D eigenvalue weighted by Gasteiger charge is -2.08. The number of halogens is 1. The predicted molar refractivity (Wildman–Crippen MR) is 76.3 cm³/mol. The second kappa shape index (κ2) is 5.42. The Bertz CT molecular complexity index is 536. The van der Waals surface area contributed by atoms with Crippen molar-refractivity contribution in [2.45, 2.75) is 23.8 Å². The molecule has 4 nitrogen and oxygen atoms in total. The summed E-state index contributed by atoms with van der Waals surface area (Å²) >= 11 is 3.25. The Morgan fingerprint density at radius 1 is 1.33 bits per heavy atom. The minimum atomic E-state index is -3.35. The van der Waals surface area contributed by atoms with E-state index in [0.29, 0.717) is 11.4 Å². The van der Waals surface area contributed by atoms with Gasteiger partial charge in [-0.15, -0.1) is 0 Å². The van der Waals surface area contributed by atoms with E-state index < -0.39 is 10.0 Å². The number of hydrogen-bond donors (Lipinski definition) is 2. The molecule has 0 aliphatic heterocycles. The molecule has 1 saturated carbocycles. The minimum absolute atomic E-state index is 0.129. The van der Waals surface area contributed by atoms with Gasteiger partial charge in [0.1, 0.15) is 0 Å². The fourth-order valence-corrected chi connectivity index (χ4v) is 2.88. The molecule has 0 bridgehead atoms. The summed E-state index contributed by atoms with van der Waals surface area (Å²) in [5.41, 5.74) is 0.862. The minimum Gasteiger partial charge on any atom is -0.380 e. The van der Waals surface area contributed by atoms with Crippen molar-refractivity contribution in [3.05, 3.63) is 35.3 Å². The third-order valence-electron chi connectivity index (χ3n) is 2.55. The molecule has 0 radical (unpaired) electrons. The molecule has 1 aliphatic rings. The van der Waals surface area contributed by atoms with Gasteiger partial charge in [-0.25, -0.2) is 13.1 Å². The van der Waals surface area contributed by atoms with Crippen LogP contribution in [0.15, 0.2) is 40.2 Å². The Kier molecular flexibility index (Phi) is 4.09. The van der Waals surface area contributed by atoms with Gasteiger partial charge in [0.15, 0.2) is 0 Å². The standard InChI is InChI=1S/C12H15BrN2O2S/c1-9(13)8-14-10-4-6-12(7-5-10)18(16,17)15-11-2-3-11/h4-7,11,14-15H,1-3,8H2. The number of anilines is 1. The Morgan fingerprint density at radius 2 is 1.94 bits per heavy atom. The van der Waals surface area contributed by atoms with E-state index in [0.717, 1.165) is 23.0 Å². The molecular formula is C12H15BrN2O2S. The first kappa shape index (κ1) is 13.6. The highest BCUT2D eigenvalue weighted by atomic mass is 79.9. The highest BCUT2D eigenvalue weighted by Gasteiger charge is 2.27. The molecule has 0 heterocycles. The maximum atomic E-state index is 11.9. The zero-order valence-electron chi connectivity index (χ0n) is 9.82. The second-order valence-corrected chi connectivity index (χ2v) is 7.13. The number of sulfonamides is 1. The smallest absolute Gasteiger partial charge is 0.240 e. The van der Waals surface area contributed by atoms with Crippen LogP contribution in [0.2, 0.25) is 0 Å². The van der Waals surface area contributed by atoms with Crippen LogP contribution in [0.25, 0.3) is 0 Å². The van der Waals surface area contributed by atoms with Gasteiger partial charge in [-0.05, 0) is 37.1 Å². The van der Waals surface area contributed by atoms with Gasteiger partial charge in [0.2, 0.25) is 10.0 Å². The van der Waals surface area contributed by atoms with Crippen molar-refractivity contribution in [1.29, 1.82) is 0 Å². The Morgan fingerprint density at radius 3 is 2.44 bits per heavy atom. The average Bonchev–Trinajstić information content (AvgIpc) is 3.10. The molecule has 0 amide bonds. The van der Waals surface area contributed by atoms with Gasteiger partial charge in [-0.2, -0.15) is 0 Å². The van der Waals surface area contributed by atoms with Gasteiger partial charge in [0, 0.05) is 22.8 Å². The summed E-state index contributed by atoms with van der Waals surface area (Å²) in [6.45, 7) is 4.32. The number of benzene rings is 1. The van der Waals surface area contributed by atoms with E-state index in [-0.39, 0.29) is 6.04 Å². The lowest BCUT2D eigenvalue weighted by atomic mass is 10.3. The largest absolute Gasteiger partial charge is 0.380 e. The fraction of sp³-hybridized carbons (Fsp3) is 0.333. The van der Waals surface area contributed by atoms with Crippen molar-refractivity contribution in [1.82, 2.24) is 4.72 Å². The highest BCUT2D eigenvalue weighted by molar-refractivity contribution is 9.11. The van der Waals surface area contributed by atoms with Crippen molar-refractivity contribution in [2.24, 2.45) is 0 Å². The summed E-state index contributed by atoms with van der Waals surface area (Å²) in [7, 11) is -3.35. The van der Waals surface area contributed by atoms with Crippen LogP contribution in [-0.2, 0) is 10.0 Å². The van der Waals surface area contributed by atoms with Crippen LogP contribution in [-0.4, -0.2) is 21.0 Å². The Labute approximate surface area is 116 Å². The zero-order chi connectivity index (χ0) is 13.2. The van der Waals surface area contributed by atoms with Crippen LogP contribution in [0.3, 0.4) is 0 Å². The normalized spacial score (nSPS) is 15.4. The lowest BCUT2D eigenvalue weighted by Crippen LogP contribution is -2.25. The van der Waals surface area contributed by atoms with Crippen LogP contribution < -0.4 is 10.0 Å². The van der Waals surface area contributed by atoms with E-state index in [2.05, 4.69) is 32.5 Å². The SMILES string of the molecule is C=C(Br)CNc1ccc(S(=O)(=O)NC2CC2)cc1. The van der Waals surface area contributed by atoms with E-state index >= 15 is 0 Å². The predicted octanol–water partition coefficient (Wildman–Crippen LogP) is 2.45. The molecule has 2 N–H and O–H groups in total. The van der Waals surface area contributed by atoms with Crippen molar-refractivity contribution in [3.8, 4) is 0 Å². The van der Waals surface area contributed by atoms with Gasteiger partial charge in [-0.3, -0.25) is 0 Å². The molecular weight excluding hydrogens is 316 g/mol. The molecule has 0 unspecified atom stereocenters. The van der Waals surface area contributed by atoms with Crippen molar-refractivity contribution >= 4 is 31.6 Å². The second-order valence-electron chi connectivity index (χ2n) is 4.29. The van der Waals surface area contributed by atoms with Crippen LogP contribution in [0.4, 0.5) is 5.69 Å². The Balaban J connectivity index is 2.04. The molecule has 1 aliphatic carbocycles. The van der Waals surface area contributed by atoms with Crippen LogP contribution >= 0.6 is 15.9 Å². The molecule has 6 heteroatoms. The van der Waals surface area contributed by atoms with Gasteiger partial charge in [-0.1, -0.05) is 22.5 Å². The fourth-order valence-electron chi connectivity index (χ4n) is 1.44. The molecule has 1 aromatic rings. The molecule has 0 aromatic heterocycles. The van der Waals surface area contributed by atoms with Crippen LogP contribution in [0, 0.1) is 0 Å². The van der Waals surface area contributed by atoms with E-state index in [1.54, 1.807) is 24.3 Å². The van der Waals surface area contributed by atoms with Gasteiger partial charge in [0.25, 0.3) is 0 Å². The monoisotopic (exact) mass is 330 g/mol. The van der Waals surface area contributed by atoms with Crippen molar-refractivity contribution in [3.63, 3.8) is 0 Å². The number of rotatable bonds is 6. The topological polar surface area (TPSA) is 58.2 Å². The molecule has 98 valence electrons. The summed E-state index contributed by atoms with van der Waals surface area (Å²) in [4.78, 5) is 0.303. The summed E-state index contributed by atoms with van der Waals surface area (Å²) in [5, 5.41) is 3.11. The first-order chi connectivity index (χ1) is 8.47. The molecule has 0 saturated heterocycles. The zero-order valence-corrected chi connectivity index (χ0v) is 12.2. The maximum absolute atomic E-state index is 11.9. The van der Waals surface area contributed by atoms with Crippen molar-refractivity contribution < 1.29 is 8.42 Å². The van der Waals surface area contributed by atoms with Gasteiger partial charge in [0.05, 0.1) is 4.90 Å². The molecule has 18 heavy (non-hydrogen) atoms. The van der Waals surface area contributed by atoms with Crippen molar-refractivity contribution in [2.75, 3.05) is 11.9 Å². The summed E-state index contributed by atoms with van der Waals surface area (Å²) in [6.07, 6.45) is 1.87. The Hall–Kier alpha value is -0.850. The van der Waals surface area contributed by atoms with Crippen LogP contribution in [0.5, 0.6) is 0 Å². The lowest BCUT2D eigenvalue weighted by molar-refractivity contribution is 0.581. The average molecular weight is 331 g/mol. The van der Waals surface area contributed by atoms with Crippen LogP contribution in [0.1, 0.15) is 12.8 Å². The molecule has 1 aromatic carbocycles. The first-order valence-electron chi connectivity index (χ1n) is 5.67. The van der Waals surface area contributed by atoms with E-state index in [9.17, 15) is 8.42 Å². The van der Waals surface area contributed by atoms with Gasteiger partial charge < -0.3 is 5.32 Å². The van der Waals surface area contributed by atoms with E-state index in [1.807, 2.05) is 0 Å². The molecule has 1 fully saturated rings. The highest BCUT2D eigenvalue weighted by Crippen LogP contribution is 2.22. The number of nitrogens with one attached hydrogen (secondary N) is 2. The van der Waals surface area contributed by atoms with E-state index in [4.69, 9.17) is 0 Å². The number of hydrogen-bond acceptors (Lipinski definition) is 3. The maximum Gasteiger partial charge on any atom is 0.240 e. The first-order valence-corrected chi connectivity index (χ1v) is 7.94. The van der Waals surface area contributed by atoms with Gasteiger partial charge >= 0.3 is 0 Å². The van der Waals surface area contributed by atoms with E-state index in [1.165, 1.54) is 0 Å². The summed E-state index contributed by atoms with van der Waals surface area (Å²) < 4.78 is 27.3. The third kappa shape index (κ3) is 3.83. The molecule has 0 spiro atoms. The molecule has 0 atom stereocenters. The third-order valence-corrected chi connectivity index (χ3v) is 4.36.